The van der Waals surface area contributed by atoms with Crippen LogP contribution in [0.4, 0.5) is 11.4 Å². The minimum atomic E-state index is 0.474. The van der Waals surface area contributed by atoms with Crippen molar-refractivity contribution in [1.29, 1.82) is 0 Å². The van der Waals surface area contributed by atoms with E-state index >= 15 is 0 Å². The van der Waals surface area contributed by atoms with Crippen LogP contribution in [0, 0.1) is 0 Å². The molecule has 1 saturated heterocycles. The molecule has 1 fully saturated rings. The second-order valence-electron chi connectivity index (χ2n) is 5.24. The molecule has 2 heterocycles. The number of halogens is 2. The molecule has 1 N–H and O–H groups in total. The number of hydrogen-bond donors (Lipinski definition) is 1. The Morgan fingerprint density at radius 1 is 1.14 bits per heavy atom. The standard InChI is InChI=1S/C16H17BrClN3/c17-12-1-2-16(15(18)11-12)20-13-5-9-21(10-6-13)14-3-7-19-8-4-14/h1-4,7-8,11,13,20H,5-6,9-10H2. The number of piperidine rings is 1. The summed E-state index contributed by atoms with van der Waals surface area (Å²) in [6, 6.07) is 10.6. The van der Waals surface area contributed by atoms with E-state index in [4.69, 9.17) is 11.6 Å². The van der Waals surface area contributed by atoms with Gasteiger partial charge in [0.2, 0.25) is 0 Å². The lowest BCUT2D eigenvalue weighted by atomic mass is 10.0. The van der Waals surface area contributed by atoms with Gasteiger partial charge in [-0.15, -0.1) is 0 Å². The van der Waals surface area contributed by atoms with Gasteiger partial charge in [0.05, 0.1) is 10.7 Å². The maximum atomic E-state index is 6.26. The summed E-state index contributed by atoms with van der Waals surface area (Å²) in [7, 11) is 0. The molecule has 1 aliphatic heterocycles. The minimum absolute atomic E-state index is 0.474. The fourth-order valence-corrected chi connectivity index (χ4v) is 3.39. The summed E-state index contributed by atoms with van der Waals surface area (Å²) in [4.78, 5) is 6.48. The Bertz CT molecular complexity index is 598. The molecule has 1 aromatic carbocycles. The Kier molecular flexibility index (Phi) is 4.66. The van der Waals surface area contributed by atoms with Crippen LogP contribution in [0.15, 0.2) is 47.2 Å². The molecular formula is C16H17BrClN3. The van der Waals surface area contributed by atoms with Crippen LogP contribution in [0.1, 0.15) is 12.8 Å². The topological polar surface area (TPSA) is 28.2 Å². The molecule has 0 saturated carbocycles. The Morgan fingerprint density at radius 3 is 2.52 bits per heavy atom. The summed E-state index contributed by atoms with van der Waals surface area (Å²) in [6.45, 7) is 2.10. The fraction of sp³-hybridized carbons (Fsp3) is 0.312. The average Bonchev–Trinajstić information content (AvgIpc) is 2.52. The fourth-order valence-electron chi connectivity index (χ4n) is 2.66. The molecule has 21 heavy (non-hydrogen) atoms. The third kappa shape index (κ3) is 3.69. The predicted octanol–water partition coefficient (Wildman–Crippen LogP) is 4.58. The van der Waals surface area contributed by atoms with Crippen LogP contribution >= 0.6 is 27.5 Å². The molecule has 0 atom stereocenters. The highest BCUT2D eigenvalue weighted by Gasteiger charge is 2.19. The first-order valence-electron chi connectivity index (χ1n) is 7.09. The van der Waals surface area contributed by atoms with Crippen LogP contribution in [0.3, 0.4) is 0 Å². The Labute approximate surface area is 138 Å². The van der Waals surface area contributed by atoms with Gasteiger partial charge in [-0.3, -0.25) is 4.98 Å². The van der Waals surface area contributed by atoms with Gasteiger partial charge >= 0.3 is 0 Å². The van der Waals surface area contributed by atoms with E-state index in [1.807, 2.05) is 30.6 Å². The van der Waals surface area contributed by atoms with Gasteiger partial charge in [0.15, 0.2) is 0 Å². The number of rotatable bonds is 3. The van der Waals surface area contributed by atoms with Crippen molar-refractivity contribution in [3.63, 3.8) is 0 Å². The van der Waals surface area contributed by atoms with Crippen molar-refractivity contribution in [3.05, 3.63) is 52.2 Å². The molecule has 2 aromatic rings. The smallest absolute Gasteiger partial charge is 0.0648 e. The number of aromatic nitrogens is 1. The number of nitrogens with zero attached hydrogens (tertiary/aromatic N) is 2. The molecule has 0 spiro atoms. The summed E-state index contributed by atoms with van der Waals surface area (Å²) in [5.74, 6) is 0. The number of pyridine rings is 1. The zero-order chi connectivity index (χ0) is 14.7. The molecule has 110 valence electrons. The number of nitrogens with one attached hydrogen (secondary N) is 1. The zero-order valence-electron chi connectivity index (χ0n) is 11.6. The molecule has 3 rings (SSSR count). The van der Waals surface area contributed by atoms with Crippen molar-refractivity contribution in [1.82, 2.24) is 4.98 Å². The van der Waals surface area contributed by atoms with Crippen LogP contribution < -0.4 is 10.2 Å². The summed E-state index contributed by atoms with van der Waals surface area (Å²) in [6.07, 6.45) is 5.91. The molecule has 1 aliphatic rings. The van der Waals surface area contributed by atoms with E-state index in [0.717, 1.165) is 41.1 Å². The van der Waals surface area contributed by atoms with E-state index < -0.39 is 0 Å². The SMILES string of the molecule is Clc1cc(Br)ccc1NC1CCN(c2ccncc2)CC1. The average molecular weight is 367 g/mol. The normalized spacial score (nSPS) is 16.0. The van der Waals surface area contributed by atoms with E-state index in [0.29, 0.717) is 6.04 Å². The second kappa shape index (κ2) is 6.67. The molecule has 0 bridgehead atoms. The predicted molar refractivity (Wildman–Crippen MR) is 92.2 cm³/mol. The summed E-state index contributed by atoms with van der Waals surface area (Å²) >= 11 is 9.69. The van der Waals surface area contributed by atoms with Crippen molar-refractivity contribution < 1.29 is 0 Å². The van der Waals surface area contributed by atoms with Crippen molar-refractivity contribution >= 4 is 38.9 Å². The lowest BCUT2D eigenvalue weighted by molar-refractivity contribution is 0.526. The lowest BCUT2D eigenvalue weighted by Gasteiger charge is -2.34. The molecule has 0 amide bonds. The minimum Gasteiger partial charge on any atom is -0.381 e. The van der Waals surface area contributed by atoms with Crippen molar-refractivity contribution in [2.45, 2.75) is 18.9 Å². The largest absolute Gasteiger partial charge is 0.381 e. The van der Waals surface area contributed by atoms with Gasteiger partial charge < -0.3 is 10.2 Å². The highest BCUT2D eigenvalue weighted by molar-refractivity contribution is 9.10. The Morgan fingerprint density at radius 2 is 1.86 bits per heavy atom. The third-order valence-corrected chi connectivity index (χ3v) is 4.62. The van der Waals surface area contributed by atoms with Gasteiger partial charge in [-0.2, -0.15) is 0 Å². The van der Waals surface area contributed by atoms with Gasteiger partial charge in [-0.1, -0.05) is 27.5 Å². The third-order valence-electron chi connectivity index (χ3n) is 3.81. The molecule has 0 unspecified atom stereocenters. The summed E-state index contributed by atoms with van der Waals surface area (Å²) < 4.78 is 1.01. The van der Waals surface area contributed by atoms with Gasteiger partial charge in [0.1, 0.15) is 0 Å². The summed E-state index contributed by atoms with van der Waals surface area (Å²) in [5, 5.41) is 4.32. The van der Waals surface area contributed by atoms with Crippen molar-refractivity contribution in [2.24, 2.45) is 0 Å². The van der Waals surface area contributed by atoms with Gasteiger partial charge in [-0.05, 0) is 43.2 Å². The number of anilines is 2. The van der Waals surface area contributed by atoms with E-state index in [-0.39, 0.29) is 0 Å². The quantitative estimate of drug-likeness (QED) is 0.862. The highest BCUT2D eigenvalue weighted by atomic mass is 79.9. The van der Waals surface area contributed by atoms with Crippen LogP contribution in [0.2, 0.25) is 5.02 Å². The molecule has 0 aliphatic carbocycles. The first kappa shape index (κ1) is 14.7. The van der Waals surface area contributed by atoms with Crippen LogP contribution in [0.25, 0.3) is 0 Å². The van der Waals surface area contributed by atoms with Gasteiger partial charge in [0, 0.05) is 41.7 Å². The molecule has 1 aromatic heterocycles. The monoisotopic (exact) mass is 365 g/mol. The highest BCUT2D eigenvalue weighted by Crippen LogP contribution is 2.28. The van der Waals surface area contributed by atoms with Crippen molar-refractivity contribution in [2.75, 3.05) is 23.3 Å². The van der Waals surface area contributed by atoms with E-state index in [9.17, 15) is 0 Å². The molecule has 5 heteroatoms. The zero-order valence-corrected chi connectivity index (χ0v) is 13.9. The maximum Gasteiger partial charge on any atom is 0.0648 e. The summed E-state index contributed by atoms with van der Waals surface area (Å²) in [5.41, 5.74) is 2.27. The number of benzene rings is 1. The number of hydrogen-bond acceptors (Lipinski definition) is 3. The van der Waals surface area contributed by atoms with Gasteiger partial charge in [0.25, 0.3) is 0 Å². The van der Waals surface area contributed by atoms with Crippen molar-refractivity contribution in [3.8, 4) is 0 Å². The van der Waals surface area contributed by atoms with E-state index in [2.05, 4.69) is 43.3 Å². The second-order valence-corrected chi connectivity index (χ2v) is 6.56. The first-order chi connectivity index (χ1) is 10.2. The first-order valence-corrected chi connectivity index (χ1v) is 8.26. The Balaban J connectivity index is 1.59. The Hall–Kier alpha value is -1.26. The lowest BCUT2D eigenvalue weighted by Crippen LogP contribution is -2.39. The van der Waals surface area contributed by atoms with E-state index in [1.165, 1.54) is 5.69 Å². The van der Waals surface area contributed by atoms with Crippen LogP contribution in [0.5, 0.6) is 0 Å². The van der Waals surface area contributed by atoms with Crippen LogP contribution in [-0.4, -0.2) is 24.1 Å². The van der Waals surface area contributed by atoms with Crippen LogP contribution in [-0.2, 0) is 0 Å². The molecule has 0 radical (unpaired) electrons. The molecule has 3 nitrogen and oxygen atoms in total. The van der Waals surface area contributed by atoms with E-state index in [1.54, 1.807) is 0 Å². The van der Waals surface area contributed by atoms with Gasteiger partial charge in [-0.25, -0.2) is 0 Å². The maximum absolute atomic E-state index is 6.26. The molecular weight excluding hydrogens is 350 g/mol.